The summed E-state index contributed by atoms with van der Waals surface area (Å²) in [4.78, 5) is 13.0. The van der Waals surface area contributed by atoms with Gasteiger partial charge in [-0.05, 0) is 53.6 Å². The second-order valence-electron chi connectivity index (χ2n) is 8.06. The zero-order valence-electron chi connectivity index (χ0n) is 19.0. The standard InChI is InChI=1S/C26H23FN4O3S/c1-2-35(33,34)23-10-7-19(8-11-23)24(13-14-28)30-26(32)20-5-3-18(4-6-20)17-31-25-12-9-22(27)15-21(25)16-29-31/h3-12,15-16,24H,2,13,17H2,1H3,(H,30,32). The molecule has 0 saturated heterocycles. The van der Waals surface area contributed by atoms with Crippen molar-refractivity contribution < 1.29 is 17.6 Å². The number of benzene rings is 3. The minimum atomic E-state index is -3.33. The molecule has 178 valence electrons. The Hall–Kier alpha value is -4.03. The van der Waals surface area contributed by atoms with Gasteiger partial charge in [0.1, 0.15) is 5.82 Å². The van der Waals surface area contributed by atoms with E-state index in [4.69, 9.17) is 0 Å². The number of halogens is 1. The molecule has 0 aliphatic heterocycles. The minimum Gasteiger partial charge on any atom is -0.344 e. The lowest BCUT2D eigenvalue weighted by Gasteiger charge is -2.17. The number of fused-ring (bicyclic) bond motifs is 1. The van der Waals surface area contributed by atoms with Crippen molar-refractivity contribution >= 4 is 26.6 Å². The van der Waals surface area contributed by atoms with E-state index >= 15 is 0 Å². The molecule has 1 atom stereocenters. The summed E-state index contributed by atoms with van der Waals surface area (Å²) in [6, 6.07) is 19.2. The Morgan fingerprint density at radius 2 is 1.83 bits per heavy atom. The molecule has 1 amide bonds. The van der Waals surface area contributed by atoms with Gasteiger partial charge in [-0.3, -0.25) is 9.48 Å². The first-order chi connectivity index (χ1) is 16.8. The minimum absolute atomic E-state index is 0.00409. The molecule has 0 fully saturated rings. The van der Waals surface area contributed by atoms with E-state index in [1.807, 2.05) is 12.1 Å². The molecule has 1 aromatic heterocycles. The molecule has 0 spiro atoms. The highest BCUT2D eigenvalue weighted by Gasteiger charge is 2.18. The largest absolute Gasteiger partial charge is 0.344 e. The van der Waals surface area contributed by atoms with Crippen LogP contribution in [0.5, 0.6) is 0 Å². The van der Waals surface area contributed by atoms with Crippen molar-refractivity contribution in [3.05, 3.63) is 95.4 Å². The van der Waals surface area contributed by atoms with Crippen LogP contribution >= 0.6 is 0 Å². The zero-order chi connectivity index (χ0) is 25.0. The van der Waals surface area contributed by atoms with Crippen molar-refractivity contribution in [1.82, 2.24) is 15.1 Å². The van der Waals surface area contributed by atoms with E-state index in [1.54, 1.807) is 48.1 Å². The van der Waals surface area contributed by atoms with Crippen LogP contribution in [-0.2, 0) is 16.4 Å². The topological polar surface area (TPSA) is 105 Å². The molecule has 35 heavy (non-hydrogen) atoms. The fourth-order valence-corrected chi connectivity index (χ4v) is 4.66. The Morgan fingerprint density at radius 1 is 1.11 bits per heavy atom. The van der Waals surface area contributed by atoms with E-state index in [1.165, 1.54) is 24.3 Å². The number of hydrogen-bond acceptors (Lipinski definition) is 5. The second kappa shape index (κ2) is 10.1. The Morgan fingerprint density at radius 3 is 2.49 bits per heavy atom. The van der Waals surface area contributed by atoms with Crippen LogP contribution in [0.4, 0.5) is 4.39 Å². The van der Waals surface area contributed by atoms with E-state index in [9.17, 15) is 22.9 Å². The van der Waals surface area contributed by atoms with Crippen molar-refractivity contribution in [3.8, 4) is 6.07 Å². The molecule has 1 unspecified atom stereocenters. The third-order valence-electron chi connectivity index (χ3n) is 5.77. The summed E-state index contributed by atoms with van der Waals surface area (Å²) in [7, 11) is -3.33. The number of nitrogens with one attached hydrogen (secondary N) is 1. The first-order valence-corrected chi connectivity index (χ1v) is 12.7. The van der Waals surface area contributed by atoms with E-state index in [-0.39, 0.29) is 28.8 Å². The smallest absolute Gasteiger partial charge is 0.251 e. The summed E-state index contributed by atoms with van der Waals surface area (Å²) < 4.78 is 39.2. The lowest BCUT2D eigenvalue weighted by Crippen LogP contribution is -2.28. The fourth-order valence-electron chi connectivity index (χ4n) is 3.78. The maximum atomic E-state index is 13.4. The second-order valence-corrected chi connectivity index (χ2v) is 10.3. The van der Waals surface area contributed by atoms with Gasteiger partial charge in [0.2, 0.25) is 0 Å². The van der Waals surface area contributed by atoms with Crippen molar-refractivity contribution in [2.24, 2.45) is 0 Å². The molecular formula is C26H23FN4O3S. The summed E-state index contributed by atoms with van der Waals surface area (Å²) in [5.41, 5.74) is 2.80. The van der Waals surface area contributed by atoms with Gasteiger partial charge in [0.15, 0.2) is 9.84 Å². The van der Waals surface area contributed by atoms with Gasteiger partial charge < -0.3 is 5.32 Å². The maximum absolute atomic E-state index is 13.4. The molecule has 1 heterocycles. The van der Waals surface area contributed by atoms with Crippen molar-refractivity contribution in [3.63, 3.8) is 0 Å². The number of carbonyl (C=O) groups excluding carboxylic acids is 1. The fraction of sp³-hybridized carbons (Fsp3) is 0.192. The molecule has 4 aromatic rings. The summed E-state index contributed by atoms with van der Waals surface area (Å²) in [5.74, 6) is -0.665. The number of amides is 1. The molecule has 0 radical (unpaired) electrons. The van der Waals surface area contributed by atoms with Gasteiger partial charge in [0.05, 0.1) is 47.4 Å². The molecule has 1 N–H and O–H groups in total. The van der Waals surface area contributed by atoms with Gasteiger partial charge in [-0.25, -0.2) is 12.8 Å². The average Bonchev–Trinajstić information content (AvgIpc) is 3.25. The third-order valence-corrected chi connectivity index (χ3v) is 7.53. The number of nitrogens with zero attached hydrogens (tertiary/aromatic N) is 3. The summed E-state index contributed by atoms with van der Waals surface area (Å²) >= 11 is 0. The quantitative estimate of drug-likeness (QED) is 0.394. The van der Waals surface area contributed by atoms with Crippen LogP contribution in [0.2, 0.25) is 0 Å². The molecule has 0 bridgehead atoms. The van der Waals surface area contributed by atoms with Crippen LogP contribution in [0.1, 0.15) is 40.9 Å². The summed E-state index contributed by atoms with van der Waals surface area (Å²) in [6.07, 6.45) is 1.65. The molecule has 3 aromatic carbocycles. The van der Waals surface area contributed by atoms with Crippen molar-refractivity contribution in [2.75, 3.05) is 5.75 Å². The van der Waals surface area contributed by atoms with E-state index in [0.717, 1.165) is 11.1 Å². The Kier molecular flexibility index (Phi) is 6.94. The highest BCUT2D eigenvalue weighted by atomic mass is 32.2. The molecule has 7 nitrogen and oxygen atoms in total. The molecular weight excluding hydrogens is 467 g/mol. The normalized spacial score (nSPS) is 12.3. The van der Waals surface area contributed by atoms with Crippen LogP contribution in [-0.4, -0.2) is 29.9 Å². The van der Waals surface area contributed by atoms with Gasteiger partial charge in [-0.15, -0.1) is 0 Å². The first-order valence-electron chi connectivity index (χ1n) is 11.0. The van der Waals surface area contributed by atoms with Gasteiger partial charge in [0, 0.05) is 10.9 Å². The van der Waals surface area contributed by atoms with Gasteiger partial charge in [-0.2, -0.15) is 10.4 Å². The third kappa shape index (κ3) is 5.39. The van der Waals surface area contributed by atoms with E-state index < -0.39 is 15.9 Å². The lowest BCUT2D eigenvalue weighted by molar-refractivity contribution is 0.0937. The summed E-state index contributed by atoms with van der Waals surface area (Å²) in [6.45, 7) is 2.03. The molecule has 0 aliphatic carbocycles. The lowest BCUT2D eigenvalue weighted by atomic mass is 10.0. The maximum Gasteiger partial charge on any atom is 0.251 e. The van der Waals surface area contributed by atoms with Crippen LogP contribution in [0.15, 0.2) is 77.8 Å². The molecule has 9 heteroatoms. The highest BCUT2D eigenvalue weighted by Crippen LogP contribution is 2.21. The Bertz CT molecular complexity index is 1510. The van der Waals surface area contributed by atoms with Gasteiger partial charge >= 0.3 is 0 Å². The van der Waals surface area contributed by atoms with E-state index in [2.05, 4.69) is 16.5 Å². The van der Waals surface area contributed by atoms with Crippen LogP contribution < -0.4 is 5.32 Å². The number of rotatable bonds is 8. The number of nitriles is 1. The van der Waals surface area contributed by atoms with Gasteiger partial charge in [-0.1, -0.05) is 31.2 Å². The molecule has 0 aliphatic rings. The van der Waals surface area contributed by atoms with Crippen LogP contribution in [0, 0.1) is 17.1 Å². The SMILES string of the molecule is CCS(=O)(=O)c1ccc(C(CC#N)NC(=O)c2ccc(Cn3ncc4cc(F)ccc43)cc2)cc1. The average molecular weight is 491 g/mol. The van der Waals surface area contributed by atoms with Crippen molar-refractivity contribution in [1.29, 1.82) is 5.26 Å². The van der Waals surface area contributed by atoms with E-state index in [0.29, 0.717) is 23.1 Å². The number of aromatic nitrogens is 2. The number of sulfone groups is 1. The van der Waals surface area contributed by atoms with Crippen LogP contribution in [0.25, 0.3) is 10.9 Å². The molecule has 4 rings (SSSR count). The van der Waals surface area contributed by atoms with Gasteiger partial charge in [0.25, 0.3) is 5.91 Å². The predicted octanol–water partition coefficient (Wildman–Crippen LogP) is 4.40. The Labute approximate surface area is 202 Å². The number of carbonyl (C=O) groups is 1. The first kappa shape index (κ1) is 24.1. The monoisotopic (exact) mass is 490 g/mol. The summed E-state index contributed by atoms with van der Waals surface area (Å²) in [5, 5.41) is 17.1. The van der Waals surface area contributed by atoms with Crippen molar-refractivity contribution in [2.45, 2.75) is 30.8 Å². The highest BCUT2D eigenvalue weighted by molar-refractivity contribution is 7.91. The Balaban J connectivity index is 1.46. The zero-order valence-corrected chi connectivity index (χ0v) is 19.8. The number of hydrogen-bond donors (Lipinski definition) is 1. The molecule has 0 saturated carbocycles. The van der Waals surface area contributed by atoms with Crippen LogP contribution in [0.3, 0.4) is 0 Å². The predicted molar refractivity (Wildman–Crippen MR) is 130 cm³/mol.